The lowest BCUT2D eigenvalue weighted by atomic mass is 10.1. The smallest absolute Gasteiger partial charge is 0.179 e. The molecule has 3 rings (SSSR count). The molecule has 29 heavy (non-hydrogen) atoms. The highest BCUT2D eigenvalue weighted by Crippen LogP contribution is 2.36. The van der Waals surface area contributed by atoms with Gasteiger partial charge in [0.15, 0.2) is 11.6 Å². The lowest BCUT2D eigenvalue weighted by Gasteiger charge is -2.11. The molecule has 0 unspecified atom stereocenters. The maximum atomic E-state index is 11.4. The molecular weight excluding hydrogens is 508 g/mol. The van der Waals surface area contributed by atoms with Crippen LogP contribution in [0, 0.1) is 0 Å². The summed E-state index contributed by atoms with van der Waals surface area (Å²) in [5, 5.41) is 23.7. The van der Waals surface area contributed by atoms with E-state index in [1.54, 1.807) is 12.1 Å². The predicted molar refractivity (Wildman–Crippen MR) is 116 cm³/mol. The molecule has 0 spiro atoms. The highest BCUT2D eigenvalue weighted by Gasteiger charge is 2.14. The number of nitrogens with zero attached hydrogens (tertiary/aromatic N) is 3. The van der Waals surface area contributed by atoms with Gasteiger partial charge < -0.3 is 14.6 Å². The van der Waals surface area contributed by atoms with Gasteiger partial charge in [0, 0.05) is 5.56 Å². The molecule has 0 atom stereocenters. The van der Waals surface area contributed by atoms with Crippen LogP contribution < -0.4 is 9.47 Å². The monoisotopic (exact) mass is 526 g/mol. The van der Waals surface area contributed by atoms with E-state index < -0.39 is 0 Å². The predicted octanol–water partition coefficient (Wildman–Crippen LogP) is 4.35. The molecule has 0 saturated carbocycles. The molecule has 0 aliphatic rings. The molecule has 0 saturated heterocycles. The number of carbonyl (C=O) groups is 1. The Kier molecular flexibility index (Phi) is 8.59. The van der Waals surface area contributed by atoms with E-state index in [2.05, 4.69) is 36.6 Å². The van der Waals surface area contributed by atoms with Gasteiger partial charge in [0.1, 0.15) is 21.7 Å². The van der Waals surface area contributed by atoms with Gasteiger partial charge in [-0.1, -0.05) is 0 Å². The van der Waals surface area contributed by atoms with Gasteiger partial charge in [-0.3, -0.25) is 4.79 Å². The van der Waals surface area contributed by atoms with Crippen LogP contribution in [0.2, 0.25) is 0 Å². The minimum atomic E-state index is -0.201. The number of benzene rings is 2. The molecular formula is C19H20Br2N4O4. The number of ketones is 1. The van der Waals surface area contributed by atoms with E-state index in [-0.39, 0.29) is 34.1 Å². The van der Waals surface area contributed by atoms with Crippen molar-refractivity contribution in [3.63, 3.8) is 0 Å². The molecule has 2 aromatic carbocycles. The Morgan fingerprint density at radius 3 is 2.41 bits per heavy atom. The number of aromatic nitrogens is 4. The highest BCUT2D eigenvalue weighted by atomic mass is 79.9. The Bertz CT molecular complexity index is 934. The molecule has 0 radical (unpaired) electrons. The number of phenols is 1. The Balaban J connectivity index is 0.00000300. The first-order valence-electron chi connectivity index (χ1n) is 8.68. The summed E-state index contributed by atoms with van der Waals surface area (Å²) in [6.45, 7) is 2.43. The zero-order valence-electron chi connectivity index (χ0n) is 15.6. The zero-order valence-corrected chi connectivity index (χ0v) is 18.9. The minimum absolute atomic E-state index is 0. The number of phenolic OH excluding ortho intramolecular Hbond substituents is 1. The fraction of sp³-hybridized carbons (Fsp3) is 0.263. The van der Waals surface area contributed by atoms with Gasteiger partial charge in [-0.2, -0.15) is 0 Å². The summed E-state index contributed by atoms with van der Waals surface area (Å²) in [5.74, 6) is 1.58. The summed E-state index contributed by atoms with van der Waals surface area (Å²) in [5.41, 5.74) is 1.15. The Morgan fingerprint density at radius 2 is 1.79 bits per heavy atom. The molecule has 10 heteroatoms. The largest absolute Gasteiger partial charge is 0.506 e. The van der Waals surface area contributed by atoms with Crippen LogP contribution in [0.3, 0.4) is 0 Å². The number of aromatic amines is 1. The van der Waals surface area contributed by atoms with Crippen LogP contribution in [-0.4, -0.2) is 44.7 Å². The van der Waals surface area contributed by atoms with Crippen molar-refractivity contribution in [2.45, 2.75) is 19.8 Å². The van der Waals surface area contributed by atoms with Crippen LogP contribution in [0.4, 0.5) is 0 Å². The van der Waals surface area contributed by atoms with Gasteiger partial charge in [0.25, 0.3) is 0 Å². The summed E-state index contributed by atoms with van der Waals surface area (Å²) >= 11 is 3.27. The van der Waals surface area contributed by atoms with E-state index >= 15 is 0 Å². The number of rotatable bonds is 9. The van der Waals surface area contributed by atoms with E-state index in [1.807, 2.05) is 24.3 Å². The average Bonchev–Trinajstić information content (AvgIpc) is 3.22. The lowest BCUT2D eigenvalue weighted by molar-refractivity contribution is 0.101. The zero-order chi connectivity index (χ0) is 19.9. The SMILES string of the molecule is Br.CC(=O)c1ccc(OCCCCOc2ccc(-c3nnn[nH]3)cc2)c(Br)c1O. The van der Waals surface area contributed by atoms with Gasteiger partial charge in [-0.25, -0.2) is 5.10 Å². The lowest BCUT2D eigenvalue weighted by Crippen LogP contribution is -2.03. The van der Waals surface area contributed by atoms with Crippen molar-refractivity contribution in [1.29, 1.82) is 0 Å². The topological polar surface area (TPSA) is 110 Å². The van der Waals surface area contributed by atoms with E-state index in [9.17, 15) is 9.90 Å². The van der Waals surface area contributed by atoms with Gasteiger partial charge >= 0.3 is 0 Å². The number of hydrogen-bond acceptors (Lipinski definition) is 7. The first-order valence-corrected chi connectivity index (χ1v) is 9.47. The number of nitrogens with one attached hydrogen (secondary N) is 1. The number of tetrazole rings is 1. The molecule has 1 aromatic heterocycles. The van der Waals surface area contributed by atoms with Crippen LogP contribution in [0.1, 0.15) is 30.1 Å². The summed E-state index contributed by atoms with van der Waals surface area (Å²) < 4.78 is 11.8. The Morgan fingerprint density at radius 1 is 1.10 bits per heavy atom. The van der Waals surface area contributed by atoms with Gasteiger partial charge in [-0.05, 0) is 82.5 Å². The van der Waals surface area contributed by atoms with Crippen LogP contribution >= 0.6 is 32.9 Å². The van der Waals surface area contributed by atoms with Crippen LogP contribution in [0.25, 0.3) is 11.4 Å². The quantitative estimate of drug-likeness (QED) is 0.314. The van der Waals surface area contributed by atoms with E-state index in [1.165, 1.54) is 6.92 Å². The molecule has 0 aliphatic carbocycles. The minimum Gasteiger partial charge on any atom is -0.506 e. The molecule has 0 bridgehead atoms. The molecule has 1 heterocycles. The van der Waals surface area contributed by atoms with Crippen LogP contribution in [0.15, 0.2) is 40.9 Å². The van der Waals surface area contributed by atoms with E-state index in [0.29, 0.717) is 29.3 Å². The number of H-pyrrole nitrogens is 1. The van der Waals surface area contributed by atoms with Gasteiger partial charge in [0.05, 0.1) is 18.8 Å². The summed E-state index contributed by atoms with van der Waals surface area (Å²) in [7, 11) is 0. The molecule has 0 fully saturated rings. The second kappa shape index (κ2) is 10.9. The Hall–Kier alpha value is -2.46. The van der Waals surface area contributed by atoms with Crippen molar-refractivity contribution in [3.05, 3.63) is 46.4 Å². The number of carbonyl (C=O) groups excluding carboxylic acids is 1. The molecule has 3 aromatic rings. The van der Waals surface area contributed by atoms with Crippen molar-refractivity contribution in [2.75, 3.05) is 13.2 Å². The van der Waals surface area contributed by atoms with Crippen molar-refractivity contribution < 1.29 is 19.4 Å². The maximum Gasteiger partial charge on any atom is 0.179 e. The molecule has 0 amide bonds. The second-order valence-electron chi connectivity index (χ2n) is 6.01. The average molecular weight is 528 g/mol. The number of ether oxygens (including phenoxy) is 2. The van der Waals surface area contributed by atoms with E-state index in [0.717, 1.165) is 24.2 Å². The number of unbranched alkanes of at least 4 members (excludes halogenated alkanes) is 1. The first kappa shape index (κ1) is 22.8. The normalized spacial score (nSPS) is 10.3. The number of Topliss-reactive ketones (excluding diaryl/α,β-unsaturated/α-hetero) is 1. The Labute approximate surface area is 186 Å². The third-order valence-electron chi connectivity index (χ3n) is 4.00. The fourth-order valence-electron chi connectivity index (χ4n) is 2.51. The van der Waals surface area contributed by atoms with Crippen molar-refractivity contribution in [1.82, 2.24) is 20.6 Å². The van der Waals surface area contributed by atoms with Crippen LogP contribution in [-0.2, 0) is 0 Å². The number of aromatic hydroxyl groups is 1. The summed E-state index contributed by atoms with van der Waals surface area (Å²) in [6.07, 6.45) is 1.59. The summed E-state index contributed by atoms with van der Waals surface area (Å²) in [6, 6.07) is 10.7. The number of halogens is 2. The van der Waals surface area contributed by atoms with E-state index in [4.69, 9.17) is 9.47 Å². The fourth-order valence-corrected chi connectivity index (χ4v) is 2.97. The van der Waals surface area contributed by atoms with Crippen LogP contribution in [0.5, 0.6) is 17.2 Å². The molecule has 8 nitrogen and oxygen atoms in total. The molecule has 2 N–H and O–H groups in total. The van der Waals surface area contributed by atoms with Crippen molar-refractivity contribution >= 4 is 38.7 Å². The second-order valence-corrected chi connectivity index (χ2v) is 6.80. The highest BCUT2D eigenvalue weighted by molar-refractivity contribution is 9.10. The third-order valence-corrected chi connectivity index (χ3v) is 4.76. The maximum absolute atomic E-state index is 11.4. The third kappa shape index (κ3) is 6.01. The first-order chi connectivity index (χ1) is 13.6. The van der Waals surface area contributed by atoms with Crippen molar-refractivity contribution in [2.24, 2.45) is 0 Å². The molecule has 0 aliphatic heterocycles. The molecule has 154 valence electrons. The summed E-state index contributed by atoms with van der Waals surface area (Å²) in [4.78, 5) is 11.4. The van der Waals surface area contributed by atoms with Crippen molar-refractivity contribution in [3.8, 4) is 28.6 Å². The standard InChI is InChI=1S/C19H19BrN4O4.BrH/c1-12(25)15-8-9-16(17(20)18(15)26)28-11-3-2-10-27-14-6-4-13(5-7-14)19-21-23-24-22-19;/h4-9,26H,2-3,10-11H2,1H3,(H,21,22,23,24);1H. The van der Waals surface area contributed by atoms with Gasteiger partial charge in [0.2, 0.25) is 0 Å². The van der Waals surface area contributed by atoms with Gasteiger partial charge in [-0.15, -0.1) is 22.1 Å². The number of hydrogen-bond donors (Lipinski definition) is 2.